The number of halogens is 1. The van der Waals surface area contributed by atoms with E-state index >= 15 is 0 Å². The molecule has 2 rings (SSSR count). The number of fused-ring (bicyclic) bond motifs is 1. The third kappa shape index (κ3) is 1.62. The number of ether oxygens (including phenoxy) is 1. The van der Waals surface area contributed by atoms with Gasteiger partial charge in [0.05, 0.1) is 6.61 Å². The number of methoxy groups -OCH3 is 1. The minimum Gasteiger partial charge on any atom is -0.378 e. The number of aromatic amines is 1. The normalized spacial score (nSPS) is 10.9. The van der Waals surface area contributed by atoms with E-state index in [-0.39, 0.29) is 0 Å². The fraction of sp³-hybridized carbons (Fsp3) is 0.200. The molecule has 0 aliphatic heterocycles. The summed E-state index contributed by atoms with van der Waals surface area (Å²) in [6.07, 6.45) is 0. The first-order valence-corrected chi connectivity index (χ1v) is 4.85. The van der Waals surface area contributed by atoms with Gasteiger partial charge in [0.25, 0.3) is 0 Å². The van der Waals surface area contributed by atoms with Crippen LogP contribution in [0.3, 0.4) is 0 Å². The lowest BCUT2D eigenvalue weighted by Crippen LogP contribution is -1.85. The van der Waals surface area contributed by atoms with Crippen LogP contribution in [0.1, 0.15) is 5.69 Å². The average molecular weight is 240 g/mol. The molecule has 0 spiro atoms. The molecule has 2 nitrogen and oxygen atoms in total. The molecule has 0 unspecified atom stereocenters. The molecule has 0 aliphatic carbocycles. The van der Waals surface area contributed by atoms with Crippen LogP contribution < -0.4 is 0 Å². The van der Waals surface area contributed by atoms with Crippen LogP contribution in [-0.4, -0.2) is 12.1 Å². The smallest absolute Gasteiger partial charge is 0.0862 e. The van der Waals surface area contributed by atoms with Gasteiger partial charge in [-0.3, -0.25) is 0 Å². The first-order valence-electron chi connectivity index (χ1n) is 4.06. The largest absolute Gasteiger partial charge is 0.378 e. The molecule has 1 aromatic heterocycles. The van der Waals surface area contributed by atoms with Crippen LogP contribution in [-0.2, 0) is 11.3 Å². The van der Waals surface area contributed by atoms with Gasteiger partial charge in [0.2, 0.25) is 0 Å². The molecule has 2 aromatic rings. The van der Waals surface area contributed by atoms with E-state index in [1.807, 2.05) is 12.1 Å². The first kappa shape index (κ1) is 8.78. The standard InChI is InChI=1S/C10H10BrNO/c1-13-6-7-5-8-9(11)3-2-4-10(8)12-7/h2-5,12H,6H2,1H3. The molecule has 1 heterocycles. The summed E-state index contributed by atoms with van der Waals surface area (Å²) in [5, 5.41) is 1.20. The van der Waals surface area contributed by atoms with Gasteiger partial charge >= 0.3 is 0 Å². The molecule has 68 valence electrons. The Bertz CT molecular complexity index is 422. The summed E-state index contributed by atoms with van der Waals surface area (Å²) in [7, 11) is 1.69. The number of rotatable bonds is 2. The molecular formula is C10H10BrNO. The molecule has 13 heavy (non-hydrogen) atoms. The minimum atomic E-state index is 0.626. The Balaban J connectivity index is 2.55. The molecule has 0 amide bonds. The summed E-state index contributed by atoms with van der Waals surface area (Å²) in [5.41, 5.74) is 2.24. The van der Waals surface area contributed by atoms with Crippen molar-refractivity contribution in [1.29, 1.82) is 0 Å². The van der Waals surface area contributed by atoms with E-state index in [0.29, 0.717) is 6.61 Å². The van der Waals surface area contributed by atoms with Crippen molar-refractivity contribution in [3.8, 4) is 0 Å². The van der Waals surface area contributed by atoms with Gasteiger partial charge in [0, 0.05) is 28.2 Å². The third-order valence-electron chi connectivity index (χ3n) is 1.97. The highest BCUT2D eigenvalue weighted by molar-refractivity contribution is 9.10. The Hall–Kier alpha value is -0.800. The maximum Gasteiger partial charge on any atom is 0.0862 e. The number of nitrogens with one attached hydrogen (secondary N) is 1. The van der Waals surface area contributed by atoms with E-state index in [4.69, 9.17) is 4.74 Å². The summed E-state index contributed by atoms with van der Waals surface area (Å²) < 4.78 is 6.17. The summed E-state index contributed by atoms with van der Waals surface area (Å²) >= 11 is 3.50. The number of benzene rings is 1. The molecule has 3 heteroatoms. The predicted molar refractivity (Wildman–Crippen MR) is 56.7 cm³/mol. The summed E-state index contributed by atoms with van der Waals surface area (Å²) in [4.78, 5) is 3.28. The zero-order chi connectivity index (χ0) is 9.26. The monoisotopic (exact) mass is 239 g/mol. The van der Waals surface area contributed by atoms with Crippen LogP contribution in [0, 0.1) is 0 Å². The zero-order valence-electron chi connectivity index (χ0n) is 7.30. The average Bonchev–Trinajstić information content (AvgIpc) is 2.49. The molecule has 0 saturated carbocycles. The van der Waals surface area contributed by atoms with E-state index in [0.717, 1.165) is 15.7 Å². The number of hydrogen-bond donors (Lipinski definition) is 1. The van der Waals surface area contributed by atoms with Crippen molar-refractivity contribution in [1.82, 2.24) is 4.98 Å². The molecular weight excluding hydrogens is 230 g/mol. The van der Waals surface area contributed by atoms with Crippen molar-refractivity contribution in [2.75, 3.05) is 7.11 Å². The van der Waals surface area contributed by atoms with Gasteiger partial charge in [-0.2, -0.15) is 0 Å². The maximum atomic E-state index is 5.05. The summed E-state index contributed by atoms with van der Waals surface area (Å²) in [6, 6.07) is 8.20. The fourth-order valence-electron chi connectivity index (χ4n) is 1.41. The van der Waals surface area contributed by atoms with Gasteiger partial charge in [0.15, 0.2) is 0 Å². The number of H-pyrrole nitrogens is 1. The first-order chi connectivity index (χ1) is 6.31. The second kappa shape index (κ2) is 3.52. The summed E-state index contributed by atoms with van der Waals surface area (Å²) in [5.74, 6) is 0. The Kier molecular flexibility index (Phi) is 2.38. The van der Waals surface area contributed by atoms with Gasteiger partial charge in [-0.15, -0.1) is 0 Å². The van der Waals surface area contributed by atoms with E-state index in [9.17, 15) is 0 Å². The molecule has 0 bridgehead atoms. The number of hydrogen-bond acceptors (Lipinski definition) is 1. The van der Waals surface area contributed by atoms with Crippen LogP contribution >= 0.6 is 15.9 Å². The highest BCUT2D eigenvalue weighted by atomic mass is 79.9. The van der Waals surface area contributed by atoms with E-state index in [1.54, 1.807) is 7.11 Å². The van der Waals surface area contributed by atoms with Crippen LogP contribution in [0.2, 0.25) is 0 Å². The quantitative estimate of drug-likeness (QED) is 0.857. The third-order valence-corrected chi connectivity index (χ3v) is 2.66. The lowest BCUT2D eigenvalue weighted by molar-refractivity contribution is 0.182. The molecule has 0 aliphatic rings. The topological polar surface area (TPSA) is 25.0 Å². The fourth-order valence-corrected chi connectivity index (χ4v) is 1.89. The predicted octanol–water partition coefficient (Wildman–Crippen LogP) is 3.08. The van der Waals surface area contributed by atoms with Crippen molar-refractivity contribution < 1.29 is 4.74 Å². The molecule has 0 saturated heterocycles. The van der Waals surface area contributed by atoms with Crippen LogP contribution in [0.15, 0.2) is 28.7 Å². The van der Waals surface area contributed by atoms with Crippen molar-refractivity contribution in [2.24, 2.45) is 0 Å². The highest BCUT2D eigenvalue weighted by Crippen LogP contribution is 2.24. The van der Waals surface area contributed by atoms with Gasteiger partial charge < -0.3 is 9.72 Å². The number of aromatic nitrogens is 1. The second-order valence-electron chi connectivity index (χ2n) is 2.93. The lowest BCUT2D eigenvalue weighted by Gasteiger charge is -1.91. The summed E-state index contributed by atoms with van der Waals surface area (Å²) in [6.45, 7) is 0.626. The minimum absolute atomic E-state index is 0.626. The van der Waals surface area contributed by atoms with Crippen LogP contribution in [0.4, 0.5) is 0 Å². The van der Waals surface area contributed by atoms with Crippen molar-refractivity contribution in [3.05, 3.63) is 34.4 Å². The lowest BCUT2D eigenvalue weighted by atomic mass is 10.2. The van der Waals surface area contributed by atoms with Crippen molar-refractivity contribution in [2.45, 2.75) is 6.61 Å². The van der Waals surface area contributed by atoms with Gasteiger partial charge in [-0.05, 0) is 18.2 Å². The molecule has 0 radical (unpaired) electrons. The van der Waals surface area contributed by atoms with E-state index in [2.05, 4.69) is 33.0 Å². The van der Waals surface area contributed by atoms with Crippen molar-refractivity contribution >= 4 is 26.8 Å². The van der Waals surface area contributed by atoms with Gasteiger partial charge in [-0.25, -0.2) is 0 Å². The van der Waals surface area contributed by atoms with Gasteiger partial charge in [0.1, 0.15) is 0 Å². The molecule has 1 N–H and O–H groups in total. The highest BCUT2D eigenvalue weighted by Gasteiger charge is 2.02. The van der Waals surface area contributed by atoms with Crippen LogP contribution in [0.25, 0.3) is 10.9 Å². The van der Waals surface area contributed by atoms with Gasteiger partial charge in [-0.1, -0.05) is 22.0 Å². The van der Waals surface area contributed by atoms with E-state index in [1.165, 1.54) is 5.39 Å². The molecule has 1 aromatic carbocycles. The maximum absolute atomic E-state index is 5.05. The Morgan fingerprint density at radius 1 is 1.46 bits per heavy atom. The van der Waals surface area contributed by atoms with Crippen molar-refractivity contribution in [3.63, 3.8) is 0 Å². The molecule has 0 atom stereocenters. The Morgan fingerprint density at radius 2 is 2.31 bits per heavy atom. The second-order valence-corrected chi connectivity index (χ2v) is 3.78. The zero-order valence-corrected chi connectivity index (χ0v) is 8.89. The van der Waals surface area contributed by atoms with Crippen LogP contribution in [0.5, 0.6) is 0 Å². The Labute approximate surface area is 85.0 Å². The SMILES string of the molecule is COCc1cc2c(Br)cccc2[nH]1. The molecule has 0 fully saturated rings. The van der Waals surface area contributed by atoms with E-state index < -0.39 is 0 Å². The Morgan fingerprint density at radius 3 is 3.00 bits per heavy atom.